The molecule has 2 atom stereocenters. The Morgan fingerprint density at radius 2 is 2.04 bits per heavy atom. The molecule has 7 nitrogen and oxygen atoms in total. The summed E-state index contributed by atoms with van der Waals surface area (Å²) in [4.78, 5) is 25.7. The zero-order valence-electron chi connectivity index (χ0n) is 14.1. The SMILES string of the molecule is CC1(c2ccco2)NC(=O)N(CC(O)COCc2ccc(Cl)cc2)C1=O. The average Bonchev–Trinajstić information content (AvgIpc) is 3.21. The molecule has 2 N–H and O–H groups in total. The first-order chi connectivity index (χ1) is 12.4. The fraction of sp³-hybridized carbons (Fsp3) is 0.333. The molecule has 8 heteroatoms. The number of rotatable bonds is 7. The van der Waals surface area contributed by atoms with Gasteiger partial charge < -0.3 is 19.6 Å². The molecule has 0 spiro atoms. The van der Waals surface area contributed by atoms with Crippen molar-refractivity contribution < 1.29 is 23.8 Å². The summed E-state index contributed by atoms with van der Waals surface area (Å²) in [6.45, 7) is 1.67. The number of carbonyl (C=O) groups excluding carboxylic acids is 2. The zero-order valence-corrected chi connectivity index (χ0v) is 14.9. The molecule has 2 unspecified atom stereocenters. The highest BCUT2D eigenvalue weighted by atomic mass is 35.5. The van der Waals surface area contributed by atoms with Gasteiger partial charge in [0.15, 0.2) is 5.54 Å². The first-order valence-electron chi connectivity index (χ1n) is 8.08. The van der Waals surface area contributed by atoms with Gasteiger partial charge in [0.2, 0.25) is 0 Å². The number of urea groups is 1. The van der Waals surface area contributed by atoms with Crippen LogP contribution in [-0.4, -0.2) is 41.2 Å². The van der Waals surface area contributed by atoms with E-state index in [1.54, 1.807) is 31.2 Å². The highest BCUT2D eigenvalue weighted by Crippen LogP contribution is 2.29. The Bertz CT molecular complexity index is 777. The van der Waals surface area contributed by atoms with Crippen LogP contribution in [0.3, 0.4) is 0 Å². The van der Waals surface area contributed by atoms with Crippen LogP contribution in [0.25, 0.3) is 0 Å². The maximum atomic E-state index is 12.6. The van der Waals surface area contributed by atoms with Crippen LogP contribution < -0.4 is 5.32 Å². The fourth-order valence-electron chi connectivity index (χ4n) is 2.75. The van der Waals surface area contributed by atoms with Crippen molar-refractivity contribution in [3.63, 3.8) is 0 Å². The number of aliphatic hydroxyl groups is 1. The number of hydrogen-bond acceptors (Lipinski definition) is 5. The molecule has 0 radical (unpaired) electrons. The quantitative estimate of drug-likeness (QED) is 0.721. The van der Waals surface area contributed by atoms with Crippen molar-refractivity contribution in [1.82, 2.24) is 10.2 Å². The number of ether oxygens (including phenoxy) is 1. The summed E-state index contributed by atoms with van der Waals surface area (Å²) in [7, 11) is 0. The lowest BCUT2D eigenvalue weighted by Crippen LogP contribution is -2.42. The summed E-state index contributed by atoms with van der Waals surface area (Å²) < 4.78 is 10.7. The lowest BCUT2D eigenvalue weighted by Gasteiger charge is -2.20. The number of furan rings is 1. The second kappa shape index (κ2) is 7.49. The normalized spacial score (nSPS) is 21.1. The third kappa shape index (κ3) is 3.75. The molecular weight excluding hydrogens is 360 g/mol. The fourth-order valence-corrected chi connectivity index (χ4v) is 2.88. The molecule has 1 aliphatic heterocycles. The smallest absolute Gasteiger partial charge is 0.325 e. The highest BCUT2D eigenvalue weighted by Gasteiger charge is 2.51. The molecule has 1 aromatic carbocycles. The Morgan fingerprint density at radius 3 is 2.69 bits per heavy atom. The number of carbonyl (C=O) groups is 2. The van der Waals surface area contributed by atoms with Crippen LogP contribution in [0.5, 0.6) is 0 Å². The van der Waals surface area contributed by atoms with Gasteiger partial charge in [0.05, 0.1) is 32.1 Å². The minimum absolute atomic E-state index is 0.0167. The Balaban J connectivity index is 1.54. The summed E-state index contributed by atoms with van der Waals surface area (Å²) in [6.07, 6.45) is 0.429. The van der Waals surface area contributed by atoms with Crippen molar-refractivity contribution >= 4 is 23.5 Å². The zero-order chi connectivity index (χ0) is 18.7. The van der Waals surface area contributed by atoms with Gasteiger partial charge >= 0.3 is 6.03 Å². The highest BCUT2D eigenvalue weighted by molar-refractivity contribution is 6.30. The Labute approximate surface area is 155 Å². The summed E-state index contributed by atoms with van der Waals surface area (Å²) in [5.74, 6) is -0.138. The van der Waals surface area contributed by atoms with E-state index in [1.807, 2.05) is 12.1 Å². The van der Waals surface area contributed by atoms with Crippen molar-refractivity contribution in [2.24, 2.45) is 0 Å². The van der Waals surface area contributed by atoms with Crippen LogP contribution >= 0.6 is 11.6 Å². The maximum Gasteiger partial charge on any atom is 0.325 e. The Morgan fingerprint density at radius 1 is 1.31 bits per heavy atom. The van der Waals surface area contributed by atoms with E-state index in [9.17, 15) is 14.7 Å². The Kier molecular flexibility index (Phi) is 5.31. The van der Waals surface area contributed by atoms with E-state index in [-0.39, 0.29) is 13.2 Å². The number of halogens is 1. The van der Waals surface area contributed by atoms with Crippen molar-refractivity contribution in [1.29, 1.82) is 0 Å². The predicted molar refractivity (Wildman–Crippen MR) is 93.4 cm³/mol. The lowest BCUT2D eigenvalue weighted by atomic mass is 9.99. The molecule has 26 heavy (non-hydrogen) atoms. The van der Waals surface area contributed by atoms with Gasteiger partial charge in [0.1, 0.15) is 5.76 Å². The van der Waals surface area contributed by atoms with E-state index < -0.39 is 23.6 Å². The molecule has 1 saturated heterocycles. The number of hydrogen-bond donors (Lipinski definition) is 2. The number of aliphatic hydroxyl groups excluding tert-OH is 1. The maximum absolute atomic E-state index is 12.6. The predicted octanol–water partition coefficient (Wildman–Crippen LogP) is 2.28. The summed E-state index contributed by atoms with van der Waals surface area (Å²) in [5, 5.41) is 13.4. The van der Waals surface area contributed by atoms with E-state index in [0.717, 1.165) is 10.5 Å². The number of imide groups is 1. The Hall–Kier alpha value is -2.35. The molecule has 0 aliphatic carbocycles. The summed E-state index contributed by atoms with van der Waals surface area (Å²) >= 11 is 5.82. The third-order valence-electron chi connectivity index (χ3n) is 4.17. The molecule has 1 aliphatic rings. The molecule has 1 fully saturated rings. The third-order valence-corrected chi connectivity index (χ3v) is 4.43. The second-order valence-corrected chi connectivity index (χ2v) is 6.68. The van der Waals surface area contributed by atoms with E-state index in [4.69, 9.17) is 20.8 Å². The second-order valence-electron chi connectivity index (χ2n) is 6.24. The van der Waals surface area contributed by atoms with Crippen LogP contribution in [0.4, 0.5) is 4.79 Å². The molecule has 3 amide bonds. The van der Waals surface area contributed by atoms with Crippen molar-refractivity contribution in [2.45, 2.75) is 25.2 Å². The molecule has 1 aromatic heterocycles. The van der Waals surface area contributed by atoms with Crippen LogP contribution in [0.2, 0.25) is 5.02 Å². The average molecular weight is 379 g/mol. The molecule has 2 heterocycles. The molecule has 2 aromatic rings. The van der Waals surface area contributed by atoms with Crippen molar-refractivity contribution in [3.05, 3.63) is 59.0 Å². The topological polar surface area (TPSA) is 92.0 Å². The number of amides is 3. The number of benzene rings is 1. The van der Waals surface area contributed by atoms with E-state index in [1.165, 1.54) is 6.26 Å². The molecule has 0 saturated carbocycles. The van der Waals surface area contributed by atoms with Gasteiger partial charge in [-0.05, 0) is 36.8 Å². The molecule has 3 rings (SSSR count). The molecular formula is C18H19ClN2O5. The van der Waals surface area contributed by atoms with Crippen LogP contribution in [-0.2, 0) is 21.7 Å². The standard InChI is InChI=1S/C18H19ClN2O5/c1-18(15-3-2-8-26-15)16(23)21(17(24)20-18)9-14(22)11-25-10-12-4-6-13(19)7-5-12/h2-8,14,22H,9-11H2,1H3,(H,20,24). The van der Waals surface area contributed by atoms with Gasteiger partial charge in [-0.15, -0.1) is 0 Å². The number of β-amino-alcohol motifs (C(OH)–C–C–N with tert-alkyl or cyclic N) is 1. The summed E-state index contributed by atoms with van der Waals surface area (Å²) in [6, 6.07) is 9.82. The van der Waals surface area contributed by atoms with Gasteiger partial charge in [-0.2, -0.15) is 0 Å². The van der Waals surface area contributed by atoms with Crippen LogP contribution in [0.1, 0.15) is 18.2 Å². The number of nitrogens with one attached hydrogen (secondary N) is 1. The van der Waals surface area contributed by atoms with Gasteiger partial charge in [-0.1, -0.05) is 23.7 Å². The molecule has 0 bridgehead atoms. The largest absolute Gasteiger partial charge is 0.466 e. The van der Waals surface area contributed by atoms with Crippen LogP contribution in [0.15, 0.2) is 47.1 Å². The van der Waals surface area contributed by atoms with Gasteiger partial charge in [-0.25, -0.2) is 4.79 Å². The molecule has 138 valence electrons. The monoisotopic (exact) mass is 378 g/mol. The van der Waals surface area contributed by atoms with Gasteiger partial charge in [0, 0.05) is 5.02 Å². The van der Waals surface area contributed by atoms with Crippen LogP contribution in [0, 0.1) is 0 Å². The lowest BCUT2D eigenvalue weighted by molar-refractivity contribution is -0.133. The van der Waals surface area contributed by atoms with Crippen molar-refractivity contribution in [2.75, 3.05) is 13.2 Å². The van der Waals surface area contributed by atoms with Gasteiger partial charge in [-0.3, -0.25) is 9.69 Å². The first kappa shape index (κ1) is 18.4. The van der Waals surface area contributed by atoms with E-state index >= 15 is 0 Å². The minimum atomic E-state index is -1.27. The van der Waals surface area contributed by atoms with Gasteiger partial charge in [0.25, 0.3) is 5.91 Å². The summed E-state index contributed by atoms with van der Waals surface area (Å²) in [5.41, 5.74) is -0.369. The van der Waals surface area contributed by atoms with E-state index in [0.29, 0.717) is 17.4 Å². The minimum Gasteiger partial charge on any atom is -0.466 e. The first-order valence-corrected chi connectivity index (χ1v) is 8.46. The van der Waals surface area contributed by atoms with Crippen molar-refractivity contribution in [3.8, 4) is 0 Å². The van der Waals surface area contributed by atoms with E-state index in [2.05, 4.69) is 5.32 Å². The number of nitrogens with zero attached hydrogens (tertiary/aromatic N) is 1.